The molecule has 5 nitrogen and oxygen atoms in total. The molecular formula is C26H24ClFN2O3. The van der Waals surface area contributed by atoms with Gasteiger partial charge in [-0.15, -0.1) is 0 Å². The maximum atomic E-state index is 14.3. The first-order chi connectivity index (χ1) is 15.8. The van der Waals surface area contributed by atoms with Gasteiger partial charge in [0.05, 0.1) is 13.2 Å². The van der Waals surface area contributed by atoms with Crippen LogP contribution in [0.1, 0.15) is 42.2 Å². The number of ether oxygens (including phenoxy) is 1. The predicted octanol–water partition coefficient (Wildman–Crippen LogP) is 6.02. The Morgan fingerprint density at radius 2 is 1.79 bits per heavy atom. The fourth-order valence-electron chi connectivity index (χ4n) is 4.46. The Labute approximate surface area is 197 Å². The van der Waals surface area contributed by atoms with E-state index >= 15 is 0 Å². The molecule has 2 atom stereocenters. The Morgan fingerprint density at radius 1 is 1.09 bits per heavy atom. The van der Waals surface area contributed by atoms with Gasteiger partial charge < -0.3 is 14.5 Å². The lowest BCUT2D eigenvalue weighted by Crippen LogP contribution is -2.47. The van der Waals surface area contributed by atoms with E-state index in [1.54, 1.807) is 28.0 Å². The molecule has 0 fully saturated rings. The van der Waals surface area contributed by atoms with Crippen molar-refractivity contribution in [1.82, 2.24) is 0 Å². The van der Waals surface area contributed by atoms with Crippen LogP contribution >= 0.6 is 11.6 Å². The number of rotatable bonds is 4. The summed E-state index contributed by atoms with van der Waals surface area (Å²) in [5.74, 6) is -0.930. The smallest absolute Gasteiger partial charge is 0.258 e. The fraction of sp³-hybridized carbons (Fsp3) is 0.231. The van der Waals surface area contributed by atoms with Crippen LogP contribution in [0, 0.1) is 5.82 Å². The number of amides is 2. The summed E-state index contributed by atoms with van der Waals surface area (Å²) in [6.45, 7) is 3.46. The van der Waals surface area contributed by atoms with Gasteiger partial charge in [-0.05, 0) is 67.4 Å². The van der Waals surface area contributed by atoms with Crippen molar-refractivity contribution in [3.63, 3.8) is 0 Å². The number of carbonyl (C=O) groups excluding carboxylic acids is 2. The average Bonchev–Trinajstić information content (AvgIpc) is 2.80. The summed E-state index contributed by atoms with van der Waals surface area (Å²) in [6.07, 6.45) is 0.517. The van der Waals surface area contributed by atoms with Crippen molar-refractivity contribution in [2.75, 3.05) is 16.9 Å². The number of carbonyl (C=O) groups is 2. The van der Waals surface area contributed by atoms with Crippen molar-refractivity contribution in [2.45, 2.75) is 32.4 Å². The quantitative estimate of drug-likeness (QED) is 0.472. The van der Waals surface area contributed by atoms with Crippen molar-refractivity contribution in [2.24, 2.45) is 0 Å². The Kier molecular flexibility index (Phi) is 6.38. The van der Waals surface area contributed by atoms with Gasteiger partial charge >= 0.3 is 0 Å². The van der Waals surface area contributed by atoms with Crippen LogP contribution in [0.3, 0.4) is 0 Å². The second-order valence-corrected chi connectivity index (χ2v) is 8.49. The molecule has 3 aromatic rings. The number of nitrogens with zero attached hydrogens (tertiary/aromatic N) is 2. The molecule has 1 aliphatic rings. The molecule has 0 radical (unpaired) electrons. The van der Waals surface area contributed by atoms with Crippen LogP contribution in [-0.4, -0.2) is 25.0 Å². The van der Waals surface area contributed by atoms with Crippen LogP contribution in [0.5, 0.6) is 5.75 Å². The zero-order valence-electron chi connectivity index (χ0n) is 18.6. The predicted molar refractivity (Wildman–Crippen MR) is 128 cm³/mol. The van der Waals surface area contributed by atoms with E-state index < -0.39 is 5.82 Å². The van der Waals surface area contributed by atoms with Gasteiger partial charge in [0.25, 0.3) is 5.91 Å². The molecule has 4 rings (SSSR count). The van der Waals surface area contributed by atoms with E-state index in [2.05, 4.69) is 0 Å². The monoisotopic (exact) mass is 466 g/mol. The summed E-state index contributed by atoms with van der Waals surface area (Å²) in [7, 11) is 1.38. The van der Waals surface area contributed by atoms with E-state index in [1.807, 2.05) is 43.3 Å². The molecule has 0 aromatic heterocycles. The van der Waals surface area contributed by atoms with Crippen molar-refractivity contribution in [1.29, 1.82) is 0 Å². The number of para-hydroxylation sites is 1. The molecule has 33 heavy (non-hydrogen) atoms. The number of fused-ring (bicyclic) bond motifs is 1. The molecule has 0 bridgehead atoms. The molecule has 0 aliphatic carbocycles. The van der Waals surface area contributed by atoms with Gasteiger partial charge in [0.2, 0.25) is 5.91 Å². The van der Waals surface area contributed by atoms with E-state index in [4.69, 9.17) is 16.3 Å². The van der Waals surface area contributed by atoms with Crippen molar-refractivity contribution >= 4 is 34.8 Å². The molecule has 0 N–H and O–H groups in total. The zero-order chi connectivity index (χ0) is 23.7. The summed E-state index contributed by atoms with van der Waals surface area (Å²) in [6, 6.07) is 18.3. The SMILES string of the molecule is COc1ccc(C(=O)N2c3ccccc3[C@H](N(C(C)=O)c3ccc(Cl)cc3)C[C@H]2C)cc1F. The van der Waals surface area contributed by atoms with E-state index in [0.717, 1.165) is 11.3 Å². The Morgan fingerprint density at radius 3 is 2.42 bits per heavy atom. The van der Waals surface area contributed by atoms with Crippen molar-refractivity contribution < 1.29 is 18.7 Å². The maximum absolute atomic E-state index is 14.3. The van der Waals surface area contributed by atoms with Gasteiger partial charge in [0, 0.05) is 34.9 Å². The highest BCUT2D eigenvalue weighted by atomic mass is 35.5. The van der Waals surface area contributed by atoms with Gasteiger partial charge in [0.1, 0.15) is 0 Å². The number of methoxy groups -OCH3 is 1. The summed E-state index contributed by atoms with van der Waals surface area (Å²) >= 11 is 6.05. The number of hydrogen-bond donors (Lipinski definition) is 0. The maximum Gasteiger partial charge on any atom is 0.258 e. The fourth-order valence-corrected chi connectivity index (χ4v) is 4.58. The normalized spacial score (nSPS) is 17.3. The lowest BCUT2D eigenvalue weighted by molar-refractivity contribution is -0.117. The second-order valence-electron chi connectivity index (χ2n) is 8.05. The summed E-state index contributed by atoms with van der Waals surface area (Å²) in [5, 5.41) is 0.586. The number of hydrogen-bond acceptors (Lipinski definition) is 3. The lowest BCUT2D eigenvalue weighted by atomic mass is 9.89. The topological polar surface area (TPSA) is 49.9 Å². The highest BCUT2D eigenvalue weighted by Gasteiger charge is 2.38. The average molecular weight is 467 g/mol. The first-order valence-corrected chi connectivity index (χ1v) is 11.0. The minimum absolute atomic E-state index is 0.0822. The van der Waals surface area contributed by atoms with Crippen LogP contribution in [0.25, 0.3) is 0 Å². The molecular weight excluding hydrogens is 443 g/mol. The van der Waals surface area contributed by atoms with Gasteiger partial charge in [-0.1, -0.05) is 29.8 Å². The van der Waals surface area contributed by atoms with Crippen LogP contribution < -0.4 is 14.5 Å². The highest BCUT2D eigenvalue weighted by Crippen LogP contribution is 2.43. The number of benzene rings is 3. The van der Waals surface area contributed by atoms with Gasteiger partial charge in [0.15, 0.2) is 11.6 Å². The van der Waals surface area contributed by atoms with Gasteiger partial charge in [-0.2, -0.15) is 0 Å². The molecule has 2 amide bonds. The molecule has 1 aliphatic heterocycles. The van der Waals surface area contributed by atoms with E-state index in [-0.39, 0.29) is 35.2 Å². The molecule has 0 saturated heterocycles. The van der Waals surface area contributed by atoms with Gasteiger partial charge in [-0.3, -0.25) is 9.59 Å². The lowest BCUT2D eigenvalue weighted by Gasteiger charge is -2.43. The largest absolute Gasteiger partial charge is 0.494 e. The van der Waals surface area contributed by atoms with Crippen LogP contribution in [0.15, 0.2) is 66.7 Å². The molecule has 0 saturated carbocycles. The summed E-state index contributed by atoms with van der Waals surface area (Å²) in [5.41, 5.74) is 2.51. The second kappa shape index (κ2) is 9.24. The third kappa shape index (κ3) is 4.31. The first kappa shape index (κ1) is 22.8. The van der Waals surface area contributed by atoms with Crippen molar-refractivity contribution in [3.8, 4) is 5.75 Å². The third-order valence-corrected chi connectivity index (χ3v) is 6.19. The zero-order valence-corrected chi connectivity index (χ0v) is 19.3. The Bertz CT molecular complexity index is 1200. The third-order valence-electron chi connectivity index (χ3n) is 5.93. The Hall–Kier alpha value is -3.38. The summed E-state index contributed by atoms with van der Waals surface area (Å²) in [4.78, 5) is 29.6. The van der Waals surface area contributed by atoms with Crippen LogP contribution in [0.2, 0.25) is 5.02 Å². The van der Waals surface area contributed by atoms with E-state index in [0.29, 0.717) is 17.1 Å². The summed E-state index contributed by atoms with van der Waals surface area (Å²) < 4.78 is 19.3. The Balaban J connectivity index is 1.76. The molecule has 7 heteroatoms. The minimum atomic E-state index is -0.593. The molecule has 3 aromatic carbocycles. The molecule has 1 heterocycles. The number of anilines is 2. The number of halogens is 2. The van der Waals surface area contributed by atoms with E-state index in [9.17, 15) is 14.0 Å². The highest BCUT2D eigenvalue weighted by molar-refractivity contribution is 6.30. The first-order valence-electron chi connectivity index (χ1n) is 10.6. The van der Waals surface area contributed by atoms with Crippen LogP contribution in [0.4, 0.5) is 15.8 Å². The van der Waals surface area contributed by atoms with Gasteiger partial charge in [-0.25, -0.2) is 4.39 Å². The molecule has 0 unspecified atom stereocenters. The standard InChI is InChI=1S/C26H24ClFN2O3/c1-16-14-24(30(17(2)31)20-11-9-19(27)10-12-20)21-6-4-5-7-23(21)29(16)26(32)18-8-13-25(33-3)22(28)15-18/h4-13,15-16,24H,14H2,1-3H3/t16-,24-/m1/s1. The molecule has 170 valence electrons. The van der Waals surface area contributed by atoms with Crippen molar-refractivity contribution in [3.05, 3.63) is 88.7 Å². The minimum Gasteiger partial charge on any atom is -0.494 e. The van der Waals surface area contributed by atoms with Crippen LogP contribution in [-0.2, 0) is 4.79 Å². The van der Waals surface area contributed by atoms with E-state index in [1.165, 1.54) is 26.2 Å². The molecule has 0 spiro atoms.